The monoisotopic (exact) mass is 425 g/mol. The van der Waals surface area contributed by atoms with Crippen LogP contribution in [0.1, 0.15) is 28.8 Å². The third-order valence-electron chi connectivity index (χ3n) is 4.56. The maximum atomic E-state index is 12.8. The van der Waals surface area contributed by atoms with E-state index in [1.54, 1.807) is 30.3 Å². The largest absolute Gasteiger partial charge is 0.495 e. The number of hydrogen-bond acceptors (Lipinski definition) is 5. The maximum absolute atomic E-state index is 12.8. The third kappa shape index (κ3) is 4.64. The molecule has 3 rings (SSSR count). The lowest BCUT2D eigenvalue weighted by Crippen LogP contribution is -2.28. The van der Waals surface area contributed by atoms with Crippen molar-refractivity contribution in [2.75, 3.05) is 25.5 Å². The average molecular weight is 426 g/mol. The Morgan fingerprint density at radius 1 is 1.14 bits per heavy atom. The molecule has 152 valence electrons. The number of rotatable bonds is 6. The van der Waals surface area contributed by atoms with Gasteiger partial charge < -0.3 is 15.8 Å². The van der Waals surface area contributed by atoms with Crippen LogP contribution in [0.4, 0.5) is 5.69 Å². The van der Waals surface area contributed by atoms with Gasteiger partial charge >= 0.3 is 0 Å². The summed E-state index contributed by atoms with van der Waals surface area (Å²) in [5.41, 5.74) is 7.44. The van der Waals surface area contributed by atoms with E-state index in [9.17, 15) is 13.2 Å². The molecule has 0 aliphatic carbocycles. The molecule has 1 aliphatic rings. The first-order chi connectivity index (χ1) is 13.0. The van der Waals surface area contributed by atoms with Gasteiger partial charge in [-0.2, -0.15) is 4.31 Å². The van der Waals surface area contributed by atoms with E-state index in [1.165, 1.54) is 23.5 Å². The number of nitrogens with one attached hydrogen (secondary N) is 1. The van der Waals surface area contributed by atoms with Crippen molar-refractivity contribution in [3.63, 3.8) is 0 Å². The highest BCUT2D eigenvalue weighted by Gasteiger charge is 2.30. The molecule has 1 aliphatic heterocycles. The molecule has 28 heavy (non-hydrogen) atoms. The van der Waals surface area contributed by atoms with Gasteiger partial charge in [0.25, 0.3) is 5.91 Å². The predicted octanol–water partition coefficient (Wildman–Crippen LogP) is 2.61. The number of nitrogens with two attached hydrogens (primary N) is 1. The lowest BCUT2D eigenvalue weighted by Gasteiger charge is -2.18. The summed E-state index contributed by atoms with van der Waals surface area (Å²) in [7, 11) is -2.19. The molecule has 3 N–H and O–H groups in total. The molecule has 0 atom stereocenters. The zero-order chi connectivity index (χ0) is 19.4. The lowest BCUT2D eigenvalue weighted by atomic mass is 10.1. The molecular weight excluding hydrogens is 402 g/mol. The normalized spacial score (nSPS) is 14.4. The van der Waals surface area contributed by atoms with Gasteiger partial charge in [0, 0.05) is 37.0 Å². The van der Waals surface area contributed by atoms with Crippen molar-refractivity contribution in [1.82, 2.24) is 4.31 Å². The summed E-state index contributed by atoms with van der Waals surface area (Å²) >= 11 is 0. The Morgan fingerprint density at radius 3 is 2.36 bits per heavy atom. The minimum atomic E-state index is -3.60. The predicted molar refractivity (Wildman–Crippen MR) is 111 cm³/mol. The minimum Gasteiger partial charge on any atom is -0.495 e. The van der Waals surface area contributed by atoms with E-state index in [2.05, 4.69) is 5.32 Å². The molecule has 0 bridgehead atoms. The fraction of sp³-hybridized carbons (Fsp3) is 0.316. The van der Waals surface area contributed by atoms with E-state index in [0.29, 0.717) is 30.9 Å². The molecule has 1 heterocycles. The van der Waals surface area contributed by atoms with E-state index in [0.717, 1.165) is 18.4 Å². The van der Waals surface area contributed by atoms with E-state index >= 15 is 0 Å². The number of carbonyl (C=O) groups is 1. The molecule has 2 aromatic carbocycles. The average Bonchev–Trinajstić information content (AvgIpc) is 3.23. The highest BCUT2D eigenvalue weighted by Crippen LogP contribution is 2.31. The highest BCUT2D eigenvalue weighted by molar-refractivity contribution is 7.89. The van der Waals surface area contributed by atoms with Gasteiger partial charge in [0.1, 0.15) is 10.6 Å². The summed E-state index contributed by atoms with van der Waals surface area (Å²) in [5.74, 6) is -0.0889. The summed E-state index contributed by atoms with van der Waals surface area (Å²) < 4.78 is 32.3. The van der Waals surface area contributed by atoms with Crippen LogP contribution in [0, 0.1) is 0 Å². The zero-order valence-corrected chi connectivity index (χ0v) is 17.2. The van der Waals surface area contributed by atoms with Gasteiger partial charge in [-0.1, -0.05) is 12.1 Å². The van der Waals surface area contributed by atoms with Gasteiger partial charge in [0.2, 0.25) is 10.0 Å². The number of hydrogen-bond donors (Lipinski definition) is 2. The Bertz CT molecular complexity index is 927. The Hall–Kier alpha value is -2.13. The van der Waals surface area contributed by atoms with Crippen LogP contribution in [-0.2, 0) is 16.6 Å². The number of carbonyl (C=O) groups excluding carboxylic acids is 1. The van der Waals surface area contributed by atoms with Crippen molar-refractivity contribution in [2.45, 2.75) is 24.3 Å². The van der Waals surface area contributed by atoms with Crippen LogP contribution in [0.2, 0.25) is 0 Å². The lowest BCUT2D eigenvalue weighted by molar-refractivity contribution is 0.102. The van der Waals surface area contributed by atoms with Crippen LogP contribution in [0.15, 0.2) is 47.4 Å². The molecule has 0 aromatic heterocycles. The minimum absolute atomic E-state index is 0. The smallest absolute Gasteiger partial charge is 0.255 e. The molecule has 0 unspecified atom stereocenters. The second kappa shape index (κ2) is 9.38. The Balaban J connectivity index is 0.00000280. The summed E-state index contributed by atoms with van der Waals surface area (Å²) in [6.07, 6.45) is 1.72. The second-order valence-electron chi connectivity index (χ2n) is 6.33. The first kappa shape index (κ1) is 22.2. The molecule has 1 saturated heterocycles. The van der Waals surface area contributed by atoms with Crippen molar-refractivity contribution in [3.05, 3.63) is 53.6 Å². The number of nitrogens with zero attached hydrogens (tertiary/aromatic N) is 1. The molecule has 7 nitrogen and oxygen atoms in total. The Labute approximate surface area is 171 Å². The number of methoxy groups -OCH3 is 1. The Morgan fingerprint density at radius 2 is 1.79 bits per heavy atom. The molecule has 1 amide bonds. The van der Waals surface area contributed by atoms with Gasteiger partial charge in [-0.15, -0.1) is 12.4 Å². The van der Waals surface area contributed by atoms with E-state index < -0.39 is 10.0 Å². The van der Waals surface area contributed by atoms with Crippen molar-refractivity contribution in [3.8, 4) is 5.75 Å². The topological polar surface area (TPSA) is 102 Å². The second-order valence-corrected chi connectivity index (χ2v) is 8.24. The molecule has 2 aromatic rings. The van der Waals surface area contributed by atoms with Crippen LogP contribution >= 0.6 is 12.4 Å². The molecule has 1 fully saturated rings. The van der Waals surface area contributed by atoms with Crippen LogP contribution in [0.3, 0.4) is 0 Å². The van der Waals surface area contributed by atoms with Crippen LogP contribution in [0.25, 0.3) is 0 Å². The first-order valence-corrected chi connectivity index (χ1v) is 10.2. The first-order valence-electron chi connectivity index (χ1n) is 8.74. The fourth-order valence-electron chi connectivity index (χ4n) is 3.02. The molecule has 0 spiro atoms. The van der Waals surface area contributed by atoms with Crippen molar-refractivity contribution in [1.29, 1.82) is 0 Å². The summed E-state index contributed by atoms with van der Waals surface area (Å²) in [6, 6.07) is 11.5. The van der Waals surface area contributed by atoms with Gasteiger partial charge in [-0.3, -0.25) is 4.79 Å². The standard InChI is InChI=1S/C19H23N3O4S.ClH/c1-26-17-12-16(21-19(23)15-6-4-14(13-20)5-7-15)8-9-18(17)27(24,25)22-10-2-3-11-22;/h4-9,12H,2-3,10-11,13,20H2,1H3,(H,21,23);1H. The van der Waals surface area contributed by atoms with Gasteiger partial charge in [0.15, 0.2) is 0 Å². The van der Waals surface area contributed by atoms with Gasteiger partial charge in [-0.05, 0) is 42.7 Å². The molecule has 0 saturated carbocycles. The Kier molecular flexibility index (Phi) is 7.42. The van der Waals surface area contributed by atoms with E-state index in [-0.39, 0.29) is 29.0 Å². The molecular formula is C19H24ClN3O4S. The summed E-state index contributed by atoms with van der Waals surface area (Å²) in [4.78, 5) is 12.5. The maximum Gasteiger partial charge on any atom is 0.255 e. The number of anilines is 1. The number of amides is 1. The number of halogens is 1. The summed E-state index contributed by atoms with van der Waals surface area (Å²) in [6.45, 7) is 1.44. The van der Waals surface area contributed by atoms with Crippen LogP contribution < -0.4 is 15.8 Å². The van der Waals surface area contributed by atoms with Crippen molar-refractivity contribution >= 4 is 34.0 Å². The van der Waals surface area contributed by atoms with Crippen LogP contribution in [0.5, 0.6) is 5.75 Å². The van der Waals surface area contributed by atoms with Gasteiger partial charge in [-0.25, -0.2) is 8.42 Å². The fourth-order valence-corrected chi connectivity index (χ4v) is 4.68. The number of ether oxygens (including phenoxy) is 1. The molecule has 9 heteroatoms. The zero-order valence-electron chi connectivity index (χ0n) is 15.6. The van der Waals surface area contributed by atoms with Crippen molar-refractivity contribution in [2.24, 2.45) is 5.73 Å². The van der Waals surface area contributed by atoms with E-state index in [4.69, 9.17) is 10.5 Å². The van der Waals surface area contributed by atoms with E-state index in [1.807, 2.05) is 0 Å². The van der Waals surface area contributed by atoms with Crippen molar-refractivity contribution < 1.29 is 17.9 Å². The SMILES string of the molecule is COc1cc(NC(=O)c2ccc(CN)cc2)ccc1S(=O)(=O)N1CCCC1.Cl. The number of benzene rings is 2. The highest BCUT2D eigenvalue weighted by atomic mass is 35.5. The quantitative estimate of drug-likeness (QED) is 0.740. The van der Waals surface area contributed by atoms with Gasteiger partial charge in [0.05, 0.1) is 7.11 Å². The molecule has 0 radical (unpaired) electrons. The third-order valence-corrected chi connectivity index (χ3v) is 6.49. The number of sulfonamides is 1. The summed E-state index contributed by atoms with van der Waals surface area (Å²) in [5, 5.41) is 2.76. The van der Waals surface area contributed by atoms with Crippen LogP contribution in [-0.4, -0.2) is 38.8 Å².